The summed E-state index contributed by atoms with van der Waals surface area (Å²) in [6.07, 6.45) is 2.33. The van der Waals surface area contributed by atoms with Crippen LogP contribution in [0.5, 0.6) is 17.4 Å². The Morgan fingerprint density at radius 2 is 1.85 bits per heavy atom. The zero-order chi connectivity index (χ0) is 24.4. The van der Waals surface area contributed by atoms with E-state index in [1.54, 1.807) is 24.3 Å². The molecule has 0 unspecified atom stereocenters. The first-order valence-electron chi connectivity index (χ1n) is 10.7. The molecule has 0 saturated carbocycles. The van der Waals surface area contributed by atoms with E-state index in [9.17, 15) is 19.5 Å². The van der Waals surface area contributed by atoms with Crippen LogP contribution in [0.3, 0.4) is 0 Å². The Bertz CT molecular complexity index is 953. The average Bonchev–Trinajstić information content (AvgIpc) is 2.74. The summed E-state index contributed by atoms with van der Waals surface area (Å²) < 4.78 is 11.3. The third-order valence-electron chi connectivity index (χ3n) is 4.56. The number of nitrogens with zero attached hydrogens (tertiary/aromatic N) is 1. The maximum atomic E-state index is 12.5. The number of hydrogen-bond donors (Lipinski definition) is 3. The number of carboxylic acid groups (broad SMARTS) is 1. The molecule has 0 spiro atoms. The minimum absolute atomic E-state index is 0.0350. The second-order valence-electron chi connectivity index (χ2n) is 8.76. The van der Waals surface area contributed by atoms with Crippen LogP contribution in [0.25, 0.3) is 0 Å². The van der Waals surface area contributed by atoms with Gasteiger partial charge >= 0.3 is 5.97 Å². The highest BCUT2D eigenvalue weighted by atomic mass is 16.5. The number of nitrogens with one attached hydrogen (secondary N) is 2. The molecule has 9 nitrogen and oxygen atoms in total. The van der Waals surface area contributed by atoms with Gasteiger partial charge in [0, 0.05) is 25.3 Å². The molecule has 0 radical (unpaired) electrons. The Hall–Kier alpha value is -3.62. The molecule has 0 aliphatic heterocycles. The van der Waals surface area contributed by atoms with Crippen molar-refractivity contribution in [3.05, 3.63) is 48.2 Å². The van der Waals surface area contributed by atoms with Crippen molar-refractivity contribution in [2.45, 2.75) is 46.6 Å². The van der Waals surface area contributed by atoms with Gasteiger partial charge in [-0.3, -0.25) is 9.59 Å². The van der Waals surface area contributed by atoms with Crippen molar-refractivity contribution >= 4 is 17.8 Å². The maximum absolute atomic E-state index is 12.5. The van der Waals surface area contributed by atoms with E-state index in [0.29, 0.717) is 37.5 Å². The Morgan fingerprint density at radius 1 is 1.12 bits per heavy atom. The summed E-state index contributed by atoms with van der Waals surface area (Å²) in [7, 11) is 0. The summed E-state index contributed by atoms with van der Waals surface area (Å²) >= 11 is 0. The standard InChI is InChI=1S/C24H31N3O6/c1-16(28)25-12-13-32-18-6-5-7-19(14-18)33-21-9-8-17(15-26-21)22(29)27-20(23(30)31)10-11-24(2,3)4/h5-9,14-15,20H,10-13H2,1-4H3,(H,25,28)(H,27,29)(H,30,31)/t20-/m0/s1. The first kappa shape index (κ1) is 25.6. The van der Waals surface area contributed by atoms with E-state index in [0.717, 1.165) is 0 Å². The van der Waals surface area contributed by atoms with Crippen molar-refractivity contribution < 1.29 is 29.0 Å². The number of carboxylic acids is 1. The Kier molecular flexibility index (Phi) is 9.20. The molecule has 2 amide bonds. The fourth-order valence-electron chi connectivity index (χ4n) is 2.80. The molecular weight excluding hydrogens is 426 g/mol. The highest BCUT2D eigenvalue weighted by Gasteiger charge is 2.23. The van der Waals surface area contributed by atoms with Crippen molar-refractivity contribution in [1.29, 1.82) is 0 Å². The van der Waals surface area contributed by atoms with Gasteiger partial charge in [0.05, 0.1) is 12.1 Å². The van der Waals surface area contributed by atoms with E-state index in [1.807, 2.05) is 20.8 Å². The minimum atomic E-state index is -1.07. The number of pyridine rings is 1. The molecule has 1 aromatic carbocycles. The van der Waals surface area contributed by atoms with Crippen LogP contribution in [0.1, 0.15) is 50.9 Å². The summed E-state index contributed by atoms with van der Waals surface area (Å²) in [5, 5.41) is 14.6. The fraction of sp³-hybridized carbons (Fsp3) is 0.417. The monoisotopic (exact) mass is 457 g/mol. The van der Waals surface area contributed by atoms with Gasteiger partial charge in [-0.05, 0) is 36.5 Å². The van der Waals surface area contributed by atoms with Gasteiger partial charge in [0.25, 0.3) is 5.91 Å². The van der Waals surface area contributed by atoms with Crippen LogP contribution in [0.15, 0.2) is 42.6 Å². The van der Waals surface area contributed by atoms with E-state index in [1.165, 1.54) is 25.3 Å². The molecule has 0 bridgehead atoms. The van der Waals surface area contributed by atoms with Crippen LogP contribution in [0.4, 0.5) is 0 Å². The molecular formula is C24H31N3O6. The fourth-order valence-corrected chi connectivity index (χ4v) is 2.80. The van der Waals surface area contributed by atoms with Gasteiger partial charge in [-0.15, -0.1) is 0 Å². The van der Waals surface area contributed by atoms with Gasteiger partial charge in [0.15, 0.2) is 0 Å². The molecule has 9 heteroatoms. The first-order chi connectivity index (χ1) is 15.5. The van der Waals surface area contributed by atoms with Crippen LogP contribution >= 0.6 is 0 Å². The van der Waals surface area contributed by atoms with E-state index < -0.39 is 17.9 Å². The lowest BCUT2D eigenvalue weighted by atomic mass is 9.88. The number of aromatic nitrogens is 1. The topological polar surface area (TPSA) is 127 Å². The number of rotatable bonds is 11. The van der Waals surface area contributed by atoms with Gasteiger partial charge < -0.3 is 25.2 Å². The molecule has 0 saturated heterocycles. The van der Waals surface area contributed by atoms with Gasteiger partial charge in [-0.1, -0.05) is 26.8 Å². The predicted molar refractivity (Wildman–Crippen MR) is 123 cm³/mol. The molecule has 1 heterocycles. The van der Waals surface area contributed by atoms with Crippen molar-refractivity contribution in [2.24, 2.45) is 5.41 Å². The van der Waals surface area contributed by atoms with Crippen molar-refractivity contribution in [3.63, 3.8) is 0 Å². The molecule has 33 heavy (non-hydrogen) atoms. The molecule has 0 aliphatic rings. The maximum Gasteiger partial charge on any atom is 0.326 e. The van der Waals surface area contributed by atoms with Crippen molar-refractivity contribution in [1.82, 2.24) is 15.6 Å². The number of benzene rings is 1. The molecule has 1 atom stereocenters. The van der Waals surface area contributed by atoms with Gasteiger partial charge in [-0.25, -0.2) is 9.78 Å². The molecule has 1 aromatic heterocycles. The first-order valence-corrected chi connectivity index (χ1v) is 10.7. The Morgan fingerprint density at radius 3 is 2.45 bits per heavy atom. The second-order valence-corrected chi connectivity index (χ2v) is 8.76. The van der Waals surface area contributed by atoms with Gasteiger partial charge in [0.1, 0.15) is 24.1 Å². The Balaban J connectivity index is 1.94. The third kappa shape index (κ3) is 9.59. The van der Waals surface area contributed by atoms with Crippen LogP contribution in [0.2, 0.25) is 0 Å². The van der Waals surface area contributed by atoms with E-state index in [4.69, 9.17) is 9.47 Å². The molecule has 0 aliphatic carbocycles. The average molecular weight is 458 g/mol. The summed E-state index contributed by atoms with van der Waals surface area (Å²) in [6.45, 7) is 8.20. The quantitative estimate of drug-likeness (QED) is 0.441. The number of carbonyl (C=O) groups excluding carboxylic acids is 2. The minimum Gasteiger partial charge on any atom is -0.492 e. The zero-order valence-electron chi connectivity index (χ0n) is 19.4. The number of hydrogen-bond acceptors (Lipinski definition) is 6. The summed E-state index contributed by atoms with van der Waals surface area (Å²) in [6, 6.07) is 9.02. The number of carbonyl (C=O) groups is 3. The molecule has 0 fully saturated rings. The van der Waals surface area contributed by atoms with E-state index in [2.05, 4.69) is 15.6 Å². The van der Waals surface area contributed by atoms with Crippen LogP contribution in [-0.2, 0) is 9.59 Å². The van der Waals surface area contributed by atoms with E-state index in [-0.39, 0.29) is 22.8 Å². The van der Waals surface area contributed by atoms with Crippen LogP contribution in [-0.4, -0.2) is 47.1 Å². The molecule has 3 N–H and O–H groups in total. The number of aliphatic carboxylic acids is 1. The summed E-state index contributed by atoms with van der Waals surface area (Å²) in [5.41, 5.74) is 0.201. The summed E-state index contributed by atoms with van der Waals surface area (Å²) in [5.74, 6) is -0.370. The Labute approximate surface area is 193 Å². The van der Waals surface area contributed by atoms with E-state index >= 15 is 0 Å². The highest BCUT2D eigenvalue weighted by Crippen LogP contribution is 2.24. The van der Waals surface area contributed by atoms with Gasteiger partial charge in [0.2, 0.25) is 11.8 Å². The predicted octanol–water partition coefficient (Wildman–Crippen LogP) is 3.40. The molecule has 178 valence electrons. The van der Waals surface area contributed by atoms with Gasteiger partial charge in [-0.2, -0.15) is 0 Å². The van der Waals surface area contributed by atoms with Crippen molar-refractivity contribution in [2.75, 3.05) is 13.2 Å². The lowest BCUT2D eigenvalue weighted by Crippen LogP contribution is -2.41. The van der Waals surface area contributed by atoms with Crippen LogP contribution < -0.4 is 20.1 Å². The lowest BCUT2D eigenvalue weighted by molar-refractivity contribution is -0.139. The number of ether oxygens (including phenoxy) is 2. The second kappa shape index (κ2) is 11.8. The highest BCUT2D eigenvalue weighted by molar-refractivity contribution is 5.96. The molecule has 2 aromatic rings. The normalized spacial score (nSPS) is 11.9. The lowest BCUT2D eigenvalue weighted by Gasteiger charge is -2.21. The SMILES string of the molecule is CC(=O)NCCOc1cccc(Oc2ccc(C(=O)N[C@@H](CCC(C)(C)C)C(=O)O)cn2)c1. The smallest absolute Gasteiger partial charge is 0.326 e. The molecule has 2 rings (SSSR count). The third-order valence-corrected chi connectivity index (χ3v) is 4.56. The zero-order valence-corrected chi connectivity index (χ0v) is 19.4. The van der Waals surface area contributed by atoms with Crippen molar-refractivity contribution in [3.8, 4) is 17.4 Å². The van der Waals surface area contributed by atoms with Crippen LogP contribution in [0, 0.1) is 5.41 Å². The number of amides is 2. The largest absolute Gasteiger partial charge is 0.492 e. The summed E-state index contributed by atoms with van der Waals surface area (Å²) in [4.78, 5) is 39.0.